The largest absolute Gasteiger partial charge is 0.313 e. The van der Waals surface area contributed by atoms with Gasteiger partial charge in [-0.2, -0.15) is 0 Å². The summed E-state index contributed by atoms with van der Waals surface area (Å²) in [5.74, 6) is 0. The SMILES string of the molecule is CCCCCCCCCC(C)(C)C=N. The molecule has 84 valence electrons. The van der Waals surface area contributed by atoms with E-state index in [2.05, 4.69) is 20.8 Å². The molecule has 0 saturated heterocycles. The summed E-state index contributed by atoms with van der Waals surface area (Å²) in [6, 6.07) is 0. The lowest BCUT2D eigenvalue weighted by molar-refractivity contribution is 0.444. The Morgan fingerprint density at radius 2 is 1.43 bits per heavy atom. The van der Waals surface area contributed by atoms with E-state index in [-0.39, 0.29) is 5.41 Å². The van der Waals surface area contributed by atoms with Gasteiger partial charge in [0.15, 0.2) is 0 Å². The zero-order chi connectivity index (χ0) is 10.9. The fourth-order valence-electron chi connectivity index (χ4n) is 1.61. The maximum absolute atomic E-state index is 7.25. The van der Waals surface area contributed by atoms with Crippen molar-refractivity contribution < 1.29 is 0 Å². The average Bonchev–Trinajstić information content (AvgIpc) is 2.16. The molecule has 0 aromatic rings. The molecule has 0 aliphatic heterocycles. The molecule has 0 radical (unpaired) electrons. The van der Waals surface area contributed by atoms with Crippen molar-refractivity contribution in [2.75, 3.05) is 0 Å². The van der Waals surface area contributed by atoms with Gasteiger partial charge in [0, 0.05) is 6.21 Å². The number of nitrogens with one attached hydrogen (secondary N) is 1. The summed E-state index contributed by atoms with van der Waals surface area (Å²) < 4.78 is 0. The van der Waals surface area contributed by atoms with Crippen molar-refractivity contribution in [3.8, 4) is 0 Å². The second-order valence-corrected chi connectivity index (χ2v) is 5.00. The molecule has 0 aromatic carbocycles. The van der Waals surface area contributed by atoms with E-state index < -0.39 is 0 Å². The topological polar surface area (TPSA) is 23.9 Å². The van der Waals surface area contributed by atoms with E-state index >= 15 is 0 Å². The van der Waals surface area contributed by atoms with E-state index in [4.69, 9.17) is 5.41 Å². The second-order valence-electron chi connectivity index (χ2n) is 5.00. The molecular formula is C13H27N. The monoisotopic (exact) mass is 197 g/mol. The minimum atomic E-state index is 0.128. The predicted molar refractivity (Wildman–Crippen MR) is 65.2 cm³/mol. The Hall–Kier alpha value is -0.330. The predicted octanol–water partition coefficient (Wildman–Crippen LogP) is 4.80. The van der Waals surface area contributed by atoms with Crippen molar-refractivity contribution in [1.29, 1.82) is 5.41 Å². The summed E-state index contributed by atoms with van der Waals surface area (Å²) in [6.45, 7) is 6.56. The Bertz CT molecular complexity index is 138. The van der Waals surface area contributed by atoms with Crippen molar-refractivity contribution in [2.24, 2.45) is 5.41 Å². The van der Waals surface area contributed by atoms with Gasteiger partial charge >= 0.3 is 0 Å². The zero-order valence-electron chi connectivity index (χ0n) is 10.2. The minimum absolute atomic E-state index is 0.128. The quantitative estimate of drug-likeness (QED) is 0.405. The van der Waals surface area contributed by atoms with E-state index in [1.54, 1.807) is 6.21 Å². The summed E-state index contributed by atoms with van der Waals surface area (Å²) >= 11 is 0. The number of hydrogen-bond acceptors (Lipinski definition) is 1. The molecule has 0 unspecified atom stereocenters. The van der Waals surface area contributed by atoms with E-state index in [1.807, 2.05) is 0 Å². The van der Waals surface area contributed by atoms with Crippen LogP contribution in [0.3, 0.4) is 0 Å². The molecule has 14 heavy (non-hydrogen) atoms. The van der Waals surface area contributed by atoms with Crippen molar-refractivity contribution in [2.45, 2.75) is 72.1 Å². The highest BCUT2D eigenvalue weighted by molar-refractivity contribution is 5.60. The third-order valence-electron chi connectivity index (χ3n) is 2.82. The molecule has 0 aliphatic rings. The number of unbranched alkanes of at least 4 members (excludes halogenated alkanes) is 6. The Morgan fingerprint density at radius 3 is 1.93 bits per heavy atom. The summed E-state index contributed by atoms with van der Waals surface area (Å²) in [6.07, 6.45) is 12.3. The van der Waals surface area contributed by atoms with Crippen LogP contribution < -0.4 is 0 Å². The fraction of sp³-hybridized carbons (Fsp3) is 0.923. The van der Waals surface area contributed by atoms with Crippen molar-refractivity contribution in [3.05, 3.63) is 0 Å². The van der Waals surface area contributed by atoms with Gasteiger partial charge in [0.1, 0.15) is 0 Å². The molecule has 1 nitrogen and oxygen atoms in total. The van der Waals surface area contributed by atoms with Gasteiger partial charge in [0.05, 0.1) is 0 Å². The van der Waals surface area contributed by atoms with Crippen LogP contribution >= 0.6 is 0 Å². The molecule has 0 aliphatic carbocycles. The van der Waals surface area contributed by atoms with E-state index in [0.29, 0.717) is 0 Å². The highest BCUT2D eigenvalue weighted by atomic mass is 14.4. The van der Waals surface area contributed by atoms with Gasteiger partial charge in [0.25, 0.3) is 0 Å². The maximum atomic E-state index is 7.25. The standard InChI is InChI=1S/C13H27N/c1-4-5-6-7-8-9-10-11-13(2,3)12-14/h12,14H,4-11H2,1-3H3. The zero-order valence-corrected chi connectivity index (χ0v) is 10.2. The molecular weight excluding hydrogens is 170 g/mol. The number of hydrogen-bond donors (Lipinski definition) is 1. The maximum Gasteiger partial charge on any atom is 0.000867 e. The molecule has 0 saturated carbocycles. The second kappa shape index (κ2) is 8.02. The smallest absolute Gasteiger partial charge is 0.000867 e. The Balaban J connectivity index is 3.17. The van der Waals surface area contributed by atoms with Crippen LogP contribution in [0, 0.1) is 10.8 Å². The number of rotatable bonds is 9. The van der Waals surface area contributed by atoms with Crippen molar-refractivity contribution in [3.63, 3.8) is 0 Å². The van der Waals surface area contributed by atoms with E-state index in [9.17, 15) is 0 Å². The Kier molecular flexibility index (Phi) is 7.83. The molecule has 0 amide bonds. The third kappa shape index (κ3) is 8.28. The lowest BCUT2D eigenvalue weighted by atomic mass is 9.88. The first-order valence-electron chi connectivity index (χ1n) is 6.14. The van der Waals surface area contributed by atoms with Crippen LogP contribution in [0.15, 0.2) is 0 Å². The lowest BCUT2D eigenvalue weighted by Crippen LogP contribution is -2.11. The Labute approximate surface area is 89.8 Å². The van der Waals surface area contributed by atoms with Crippen LogP contribution in [-0.4, -0.2) is 6.21 Å². The molecule has 0 bridgehead atoms. The van der Waals surface area contributed by atoms with Gasteiger partial charge in [-0.1, -0.05) is 65.7 Å². The highest BCUT2D eigenvalue weighted by Crippen LogP contribution is 2.21. The Morgan fingerprint density at radius 1 is 0.929 bits per heavy atom. The average molecular weight is 197 g/mol. The van der Waals surface area contributed by atoms with Crippen LogP contribution in [0.2, 0.25) is 0 Å². The summed E-state index contributed by atoms with van der Waals surface area (Å²) in [4.78, 5) is 0. The summed E-state index contributed by atoms with van der Waals surface area (Å²) in [5, 5.41) is 7.25. The summed E-state index contributed by atoms with van der Waals surface area (Å²) in [5.41, 5.74) is 0.128. The van der Waals surface area contributed by atoms with Crippen molar-refractivity contribution >= 4 is 6.21 Å². The van der Waals surface area contributed by atoms with E-state index in [1.165, 1.54) is 51.4 Å². The summed E-state index contributed by atoms with van der Waals surface area (Å²) in [7, 11) is 0. The van der Waals surface area contributed by atoms with Gasteiger partial charge in [-0.15, -0.1) is 0 Å². The first-order chi connectivity index (χ1) is 6.62. The molecule has 0 aromatic heterocycles. The molecule has 1 N–H and O–H groups in total. The molecule has 0 rings (SSSR count). The van der Waals surface area contributed by atoms with Crippen LogP contribution in [-0.2, 0) is 0 Å². The van der Waals surface area contributed by atoms with Crippen LogP contribution in [0.1, 0.15) is 72.1 Å². The molecule has 0 spiro atoms. The first-order valence-corrected chi connectivity index (χ1v) is 6.14. The van der Waals surface area contributed by atoms with Crippen LogP contribution in [0.4, 0.5) is 0 Å². The lowest BCUT2D eigenvalue weighted by Gasteiger charge is -2.17. The van der Waals surface area contributed by atoms with Crippen LogP contribution in [0.25, 0.3) is 0 Å². The molecule has 0 fully saturated rings. The highest BCUT2D eigenvalue weighted by Gasteiger charge is 2.12. The van der Waals surface area contributed by atoms with Gasteiger partial charge in [-0.05, 0) is 11.8 Å². The van der Waals surface area contributed by atoms with Gasteiger partial charge in [-0.25, -0.2) is 0 Å². The van der Waals surface area contributed by atoms with Gasteiger partial charge in [-0.3, -0.25) is 0 Å². The van der Waals surface area contributed by atoms with E-state index in [0.717, 1.165) is 0 Å². The van der Waals surface area contributed by atoms with Crippen LogP contribution in [0.5, 0.6) is 0 Å². The molecule has 0 atom stereocenters. The fourth-order valence-corrected chi connectivity index (χ4v) is 1.61. The van der Waals surface area contributed by atoms with Gasteiger partial charge in [0.2, 0.25) is 0 Å². The first kappa shape index (κ1) is 13.7. The molecule has 1 heteroatoms. The normalized spacial score (nSPS) is 11.6. The third-order valence-corrected chi connectivity index (χ3v) is 2.82. The van der Waals surface area contributed by atoms with Gasteiger partial charge < -0.3 is 5.41 Å². The van der Waals surface area contributed by atoms with Crippen molar-refractivity contribution in [1.82, 2.24) is 0 Å². The minimum Gasteiger partial charge on any atom is -0.313 e. The molecule has 0 heterocycles.